The van der Waals surface area contributed by atoms with Gasteiger partial charge in [-0.15, -0.1) is 0 Å². The molecule has 0 bridgehead atoms. The molecule has 3 aromatic rings. The normalized spacial score (nSPS) is 18.9. The zero-order valence-corrected chi connectivity index (χ0v) is 20.2. The second kappa shape index (κ2) is 9.36. The topological polar surface area (TPSA) is 97.8 Å². The molecule has 1 aromatic carbocycles. The third-order valence-corrected chi connectivity index (χ3v) is 7.46. The second-order valence-corrected chi connectivity index (χ2v) is 10.4. The summed E-state index contributed by atoms with van der Waals surface area (Å²) in [5.74, 6) is -0.647. The maximum Gasteiger partial charge on any atom is 0.534 e. The zero-order chi connectivity index (χ0) is 25.5. The minimum Gasteiger partial charge on any atom is -0.462 e. The number of pyridine rings is 1. The molecule has 192 valence electrons. The van der Waals surface area contributed by atoms with Crippen LogP contribution in [-0.4, -0.2) is 66.6 Å². The number of fused-ring (bicyclic) bond motifs is 2. The number of anilines is 1. The number of ether oxygens (including phenoxy) is 1. The van der Waals surface area contributed by atoms with Crippen LogP contribution >= 0.6 is 0 Å². The molecule has 2 aliphatic rings. The van der Waals surface area contributed by atoms with Crippen LogP contribution in [0.3, 0.4) is 0 Å². The van der Waals surface area contributed by atoms with Gasteiger partial charge in [0, 0.05) is 35.4 Å². The Morgan fingerprint density at radius 1 is 1.14 bits per heavy atom. The summed E-state index contributed by atoms with van der Waals surface area (Å²) in [6.45, 7) is 1.72. The molecule has 2 aliphatic heterocycles. The predicted molar refractivity (Wildman–Crippen MR) is 125 cm³/mol. The fourth-order valence-corrected chi connectivity index (χ4v) is 5.03. The molecule has 36 heavy (non-hydrogen) atoms. The van der Waals surface area contributed by atoms with Crippen molar-refractivity contribution < 1.29 is 30.5 Å². The molecule has 1 fully saturated rings. The van der Waals surface area contributed by atoms with E-state index in [-0.39, 0.29) is 37.2 Å². The van der Waals surface area contributed by atoms with Gasteiger partial charge in [0.15, 0.2) is 0 Å². The highest BCUT2D eigenvalue weighted by Crippen LogP contribution is 2.35. The summed E-state index contributed by atoms with van der Waals surface area (Å²) >= 11 is 0. The van der Waals surface area contributed by atoms with Crippen LogP contribution in [0.5, 0.6) is 11.9 Å². The lowest BCUT2D eigenvalue weighted by Crippen LogP contribution is -2.34. The number of hydrogen-bond acceptors (Lipinski definition) is 9. The molecule has 2 aromatic heterocycles. The van der Waals surface area contributed by atoms with E-state index in [1.807, 2.05) is 42.3 Å². The van der Waals surface area contributed by atoms with Crippen LogP contribution in [0, 0.1) is 0 Å². The lowest BCUT2D eigenvalue weighted by atomic mass is 10.0. The molecule has 0 radical (unpaired) electrons. The minimum absolute atomic E-state index is 0.104. The molecular weight excluding hydrogens is 499 g/mol. The van der Waals surface area contributed by atoms with Crippen molar-refractivity contribution >= 4 is 26.7 Å². The number of likely N-dealkylation sites (tertiary alicyclic amines) is 1. The number of likely N-dealkylation sites (N-methyl/N-ethyl adjacent to an activating group) is 1. The third kappa shape index (κ3) is 4.76. The molecule has 0 amide bonds. The van der Waals surface area contributed by atoms with Crippen LogP contribution < -0.4 is 13.8 Å². The van der Waals surface area contributed by atoms with Gasteiger partial charge in [-0.3, -0.25) is 4.98 Å². The van der Waals surface area contributed by atoms with Gasteiger partial charge in [-0.25, -0.2) is 0 Å². The minimum atomic E-state index is -5.91. The smallest absolute Gasteiger partial charge is 0.462 e. The largest absolute Gasteiger partial charge is 0.534 e. The van der Waals surface area contributed by atoms with Crippen molar-refractivity contribution in [2.24, 2.45) is 0 Å². The van der Waals surface area contributed by atoms with Crippen LogP contribution in [0.25, 0.3) is 10.9 Å². The van der Waals surface area contributed by atoms with Crippen LogP contribution in [0.15, 0.2) is 36.5 Å². The van der Waals surface area contributed by atoms with E-state index >= 15 is 0 Å². The van der Waals surface area contributed by atoms with Gasteiger partial charge in [-0.1, -0.05) is 6.07 Å². The van der Waals surface area contributed by atoms with Gasteiger partial charge in [0.25, 0.3) is 0 Å². The highest BCUT2D eigenvalue weighted by atomic mass is 32.2. The third-order valence-electron chi connectivity index (χ3n) is 6.52. The molecule has 13 heteroatoms. The van der Waals surface area contributed by atoms with Crippen molar-refractivity contribution in [2.75, 3.05) is 31.6 Å². The number of rotatable bonds is 6. The van der Waals surface area contributed by atoms with Gasteiger partial charge >= 0.3 is 21.6 Å². The SMILES string of the molecule is CN1CCC[C@H]1COc1nc2c(c(OS(=O)(=O)C(F)(F)F)n1)CCN(c1cccc3ncccc13)C2. The Hall–Kier alpha value is -3.19. The lowest BCUT2D eigenvalue weighted by Gasteiger charge is -2.31. The Kier molecular flexibility index (Phi) is 6.37. The van der Waals surface area contributed by atoms with Crippen LogP contribution in [-0.2, 0) is 23.1 Å². The first-order valence-corrected chi connectivity index (χ1v) is 12.9. The Labute approximate surface area is 206 Å². The zero-order valence-electron chi connectivity index (χ0n) is 19.4. The van der Waals surface area contributed by atoms with Gasteiger partial charge in [0.1, 0.15) is 6.61 Å². The first-order valence-electron chi connectivity index (χ1n) is 11.4. The summed E-state index contributed by atoms with van der Waals surface area (Å²) in [7, 11) is -3.96. The Balaban J connectivity index is 1.49. The number of nitrogens with zero attached hydrogens (tertiary/aromatic N) is 5. The number of benzene rings is 1. The lowest BCUT2D eigenvalue weighted by molar-refractivity contribution is -0.0502. The molecule has 5 rings (SSSR count). The molecular formula is C23H24F3N5O4S. The van der Waals surface area contributed by atoms with Gasteiger partial charge in [0.05, 0.1) is 17.8 Å². The molecule has 0 aliphatic carbocycles. The summed E-state index contributed by atoms with van der Waals surface area (Å²) in [6.07, 6.45) is 3.78. The van der Waals surface area contributed by atoms with Crippen LogP contribution in [0.1, 0.15) is 24.1 Å². The number of alkyl halides is 3. The Bertz CT molecular complexity index is 1380. The van der Waals surface area contributed by atoms with Crippen molar-refractivity contribution in [3.63, 3.8) is 0 Å². The molecule has 0 spiro atoms. The standard InChI is InChI=1S/C23H24F3N5O4S/c1-30-11-4-5-15(30)14-34-22-28-19-13-31(20-8-2-7-18-16(20)6-3-10-27-18)12-9-17(19)21(29-22)35-36(32,33)23(24,25)26/h2-3,6-8,10,15H,4-5,9,11-14H2,1H3/t15-/m0/s1. The van der Waals surface area contributed by atoms with E-state index in [9.17, 15) is 21.6 Å². The van der Waals surface area contributed by atoms with Crippen molar-refractivity contribution in [1.29, 1.82) is 0 Å². The fourth-order valence-electron chi connectivity index (χ4n) is 4.59. The second-order valence-electron chi connectivity index (χ2n) is 8.83. The van der Waals surface area contributed by atoms with E-state index in [4.69, 9.17) is 4.74 Å². The number of hydrogen-bond donors (Lipinski definition) is 0. The maximum atomic E-state index is 13.1. The predicted octanol–water partition coefficient (Wildman–Crippen LogP) is 3.29. The summed E-state index contributed by atoms with van der Waals surface area (Å²) in [4.78, 5) is 16.9. The van der Waals surface area contributed by atoms with Crippen LogP contribution in [0.2, 0.25) is 0 Å². The highest BCUT2D eigenvalue weighted by molar-refractivity contribution is 7.87. The number of aromatic nitrogens is 3. The molecule has 1 saturated heterocycles. The maximum absolute atomic E-state index is 13.1. The fraction of sp³-hybridized carbons (Fsp3) is 0.435. The van der Waals surface area contributed by atoms with E-state index in [1.165, 1.54) is 0 Å². The van der Waals surface area contributed by atoms with Crippen molar-refractivity contribution in [2.45, 2.75) is 37.4 Å². The Morgan fingerprint density at radius 3 is 2.72 bits per heavy atom. The summed E-state index contributed by atoms with van der Waals surface area (Å²) < 4.78 is 73.0. The van der Waals surface area contributed by atoms with Gasteiger partial charge in [-0.2, -0.15) is 31.6 Å². The van der Waals surface area contributed by atoms with E-state index in [0.29, 0.717) is 12.2 Å². The summed E-state index contributed by atoms with van der Waals surface area (Å²) in [5, 5.41) is 0.911. The van der Waals surface area contributed by atoms with Gasteiger partial charge in [0.2, 0.25) is 5.88 Å². The average molecular weight is 524 g/mol. The Morgan fingerprint density at radius 2 is 1.97 bits per heavy atom. The molecule has 0 saturated carbocycles. The molecule has 4 heterocycles. The van der Waals surface area contributed by atoms with E-state index in [1.54, 1.807) is 6.20 Å². The molecule has 9 nitrogen and oxygen atoms in total. The highest BCUT2D eigenvalue weighted by Gasteiger charge is 2.49. The first kappa shape index (κ1) is 24.5. The average Bonchev–Trinajstić information content (AvgIpc) is 3.25. The quantitative estimate of drug-likeness (QED) is 0.356. The van der Waals surface area contributed by atoms with Crippen molar-refractivity contribution in [1.82, 2.24) is 19.9 Å². The summed E-state index contributed by atoms with van der Waals surface area (Å²) in [6, 6.07) is 9.33. The van der Waals surface area contributed by atoms with E-state index in [0.717, 1.165) is 36.0 Å². The number of halogens is 3. The molecule has 1 atom stereocenters. The monoisotopic (exact) mass is 523 g/mol. The summed E-state index contributed by atoms with van der Waals surface area (Å²) in [5.41, 5.74) is -3.35. The molecule has 0 unspecified atom stereocenters. The van der Waals surface area contributed by atoms with Crippen molar-refractivity contribution in [3.05, 3.63) is 47.8 Å². The van der Waals surface area contributed by atoms with E-state index in [2.05, 4.69) is 24.0 Å². The van der Waals surface area contributed by atoms with Crippen molar-refractivity contribution in [3.8, 4) is 11.9 Å². The van der Waals surface area contributed by atoms with Gasteiger partial charge < -0.3 is 18.7 Å². The first-order chi connectivity index (χ1) is 17.1. The van der Waals surface area contributed by atoms with E-state index < -0.39 is 21.5 Å². The van der Waals surface area contributed by atoms with Gasteiger partial charge in [-0.05, 0) is 57.1 Å². The molecule has 0 N–H and O–H groups in total. The van der Waals surface area contributed by atoms with Crippen LogP contribution in [0.4, 0.5) is 18.9 Å².